The Morgan fingerprint density at radius 3 is 2.62 bits per heavy atom. The second-order valence-corrected chi connectivity index (χ2v) is 2.89. The minimum atomic E-state index is -2.41. The zero-order valence-corrected chi connectivity index (χ0v) is 5.43. The number of alkyl halides is 2. The Morgan fingerprint density at radius 1 is 1.62 bits per heavy atom. The summed E-state index contributed by atoms with van der Waals surface area (Å²) in [6.45, 7) is 0. The van der Waals surface area contributed by atoms with Crippen molar-refractivity contribution in [3.63, 3.8) is 0 Å². The van der Waals surface area contributed by atoms with Crippen molar-refractivity contribution in [3.8, 4) is 0 Å². The molecule has 0 fully saturated rings. The topological polar surface area (TPSA) is 25.8 Å². The van der Waals surface area contributed by atoms with Crippen molar-refractivity contribution in [1.82, 2.24) is 10.2 Å². The van der Waals surface area contributed by atoms with Crippen LogP contribution in [0.5, 0.6) is 0 Å². The van der Waals surface area contributed by atoms with Gasteiger partial charge in [-0.3, -0.25) is 0 Å². The molecule has 5 heteroatoms. The molecule has 44 valence electrons. The molecule has 1 rings (SSSR count). The predicted octanol–water partition coefficient (Wildman–Crippen LogP) is 0.471. The first-order valence-electron chi connectivity index (χ1n) is 1.85. The van der Waals surface area contributed by atoms with Gasteiger partial charge in [-0.2, -0.15) is 0 Å². The molecule has 8 heavy (non-hydrogen) atoms. The zero-order chi connectivity index (χ0) is 5.98. The molecule has 0 saturated carbocycles. The van der Waals surface area contributed by atoms with Crippen molar-refractivity contribution in [2.24, 2.45) is 0 Å². The molecular formula is C3H2F2N2Se. The fourth-order valence-electron chi connectivity index (χ4n) is 0.277. The second kappa shape index (κ2) is 2.33. The van der Waals surface area contributed by atoms with E-state index in [0.717, 1.165) is 0 Å². The van der Waals surface area contributed by atoms with Crippen LogP contribution in [0.25, 0.3) is 0 Å². The Bertz CT molecular complexity index is 150. The first kappa shape index (κ1) is 5.85. The first-order valence-corrected chi connectivity index (χ1v) is 3.69. The average molecular weight is 183 g/mol. The summed E-state index contributed by atoms with van der Waals surface area (Å²) in [5.41, 5.74) is 0. The molecule has 0 atom stereocenters. The molecule has 0 saturated heterocycles. The molecule has 0 amide bonds. The number of rotatable bonds is 1. The maximum atomic E-state index is 11.5. The minimum absolute atomic E-state index is 0.0718. The van der Waals surface area contributed by atoms with Crippen molar-refractivity contribution in [2.45, 2.75) is 6.43 Å². The summed E-state index contributed by atoms with van der Waals surface area (Å²) in [4.78, 5) is 0. The molecule has 0 N–H and O–H groups in total. The molecule has 0 aliphatic rings. The van der Waals surface area contributed by atoms with Crippen molar-refractivity contribution in [1.29, 1.82) is 0 Å². The second-order valence-electron chi connectivity index (χ2n) is 1.08. The molecule has 1 aromatic rings. The summed E-state index contributed by atoms with van der Waals surface area (Å²) < 4.78 is 23.0. The Hall–Kier alpha value is -0.281. The van der Waals surface area contributed by atoms with Crippen LogP contribution < -0.4 is 0 Å². The summed E-state index contributed by atoms with van der Waals surface area (Å²) in [6, 6.07) is 0. The van der Waals surface area contributed by atoms with Gasteiger partial charge in [0.25, 0.3) is 0 Å². The van der Waals surface area contributed by atoms with Gasteiger partial charge in [-0.05, 0) is 0 Å². The van der Waals surface area contributed by atoms with Crippen molar-refractivity contribution in [3.05, 3.63) is 9.64 Å². The molecule has 1 aromatic heterocycles. The number of halogens is 2. The molecule has 0 radical (unpaired) electrons. The molecule has 0 spiro atoms. The molecule has 0 aliphatic heterocycles. The van der Waals surface area contributed by atoms with Gasteiger partial charge in [-0.25, -0.2) is 0 Å². The van der Waals surface area contributed by atoms with Crippen molar-refractivity contribution in [2.75, 3.05) is 0 Å². The third-order valence-electron chi connectivity index (χ3n) is 0.564. The van der Waals surface area contributed by atoms with E-state index in [4.69, 9.17) is 0 Å². The van der Waals surface area contributed by atoms with Crippen LogP contribution in [0, 0.1) is 0 Å². The fourth-order valence-corrected chi connectivity index (χ4v) is 1.11. The summed E-state index contributed by atoms with van der Waals surface area (Å²) >= 11 is -0.284. The molecule has 2 nitrogen and oxygen atoms in total. The van der Waals surface area contributed by atoms with E-state index in [9.17, 15) is 8.78 Å². The van der Waals surface area contributed by atoms with Gasteiger partial charge in [0.05, 0.1) is 0 Å². The van der Waals surface area contributed by atoms with Crippen LogP contribution in [0.2, 0.25) is 0 Å². The van der Waals surface area contributed by atoms with Gasteiger partial charge in [0.2, 0.25) is 0 Å². The van der Waals surface area contributed by atoms with E-state index in [1.165, 1.54) is 5.07 Å². The van der Waals surface area contributed by atoms with E-state index >= 15 is 0 Å². The first-order chi connectivity index (χ1) is 3.80. The Labute approximate surface area is 50.3 Å². The standard InChI is InChI=1S/C3H2F2N2Se/c4-2(5)3-7-6-1-8-3/h1-2H. The molecule has 1 heterocycles. The monoisotopic (exact) mass is 184 g/mol. The van der Waals surface area contributed by atoms with E-state index in [1.54, 1.807) is 0 Å². The average Bonchev–Trinajstić information content (AvgIpc) is 2.12. The van der Waals surface area contributed by atoms with E-state index in [0.29, 0.717) is 0 Å². The van der Waals surface area contributed by atoms with Crippen LogP contribution in [0.15, 0.2) is 5.07 Å². The van der Waals surface area contributed by atoms with E-state index in [1.807, 2.05) is 0 Å². The number of hydrogen-bond donors (Lipinski definition) is 0. The maximum absolute atomic E-state index is 11.5. The van der Waals surface area contributed by atoms with Crippen LogP contribution >= 0.6 is 0 Å². The third-order valence-corrected chi connectivity index (χ3v) is 2.03. The Kier molecular flexibility index (Phi) is 1.70. The summed E-state index contributed by atoms with van der Waals surface area (Å²) in [6.07, 6.45) is -2.41. The number of aromatic nitrogens is 2. The van der Waals surface area contributed by atoms with Crippen LogP contribution in [0.1, 0.15) is 11.0 Å². The van der Waals surface area contributed by atoms with Gasteiger partial charge in [-0.15, -0.1) is 0 Å². The van der Waals surface area contributed by atoms with Gasteiger partial charge in [0, 0.05) is 0 Å². The SMILES string of the molecule is FC(F)c1nnc[se]1. The van der Waals surface area contributed by atoms with E-state index in [2.05, 4.69) is 10.2 Å². The Morgan fingerprint density at radius 2 is 2.38 bits per heavy atom. The molecular weight excluding hydrogens is 181 g/mol. The fraction of sp³-hybridized carbons (Fsp3) is 0.333. The van der Waals surface area contributed by atoms with E-state index < -0.39 is 6.43 Å². The summed E-state index contributed by atoms with van der Waals surface area (Å²) in [5.74, 6) is 0. The van der Waals surface area contributed by atoms with Crippen LogP contribution in [0.3, 0.4) is 0 Å². The summed E-state index contributed by atoms with van der Waals surface area (Å²) in [7, 11) is 0. The molecule has 0 bridgehead atoms. The molecule has 0 aliphatic carbocycles. The Balaban J connectivity index is 2.77. The molecule has 0 unspecified atom stereocenters. The van der Waals surface area contributed by atoms with Gasteiger partial charge in [-0.1, -0.05) is 0 Å². The quantitative estimate of drug-likeness (QED) is 0.591. The van der Waals surface area contributed by atoms with Gasteiger partial charge in [0.1, 0.15) is 0 Å². The van der Waals surface area contributed by atoms with Gasteiger partial charge in [0.15, 0.2) is 0 Å². The zero-order valence-electron chi connectivity index (χ0n) is 3.71. The summed E-state index contributed by atoms with van der Waals surface area (Å²) in [5, 5.41) is 7.92. The normalized spacial score (nSPS) is 10.4. The van der Waals surface area contributed by atoms with Crippen molar-refractivity contribution < 1.29 is 8.78 Å². The number of nitrogens with zero attached hydrogens (tertiary/aromatic N) is 2. The number of hydrogen-bond acceptors (Lipinski definition) is 2. The third kappa shape index (κ3) is 1.11. The van der Waals surface area contributed by atoms with Crippen LogP contribution in [-0.2, 0) is 0 Å². The predicted molar refractivity (Wildman–Crippen MR) is 23.9 cm³/mol. The molecule has 0 aromatic carbocycles. The van der Waals surface area contributed by atoms with Gasteiger partial charge < -0.3 is 0 Å². The van der Waals surface area contributed by atoms with Crippen LogP contribution in [-0.4, -0.2) is 24.7 Å². The van der Waals surface area contributed by atoms with Crippen LogP contribution in [0.4, 0.5) is 8.78 Å². The van der Waals surface area contributed by atoms with E-state index in [-0.39, 0.29) is 19.1 Å². The van der Waals surface area contributed by atoms with Crippen molar-refractivity contribution >= 4 is 14.5 Å². The van der Waals surface area contributed by atoms with Gasteiger partial charge >= 0.3 is 49.5 Å².